The van der Waals surface area contributed by atoms with Gasteiger partial charge in [-0.15, -0.1) is 0 Å². The zero-order valence-electron chi connectivity index (χ0n) is 22.0. The van der Waals surface area contributed by atoms with Crippen LogP contribution in [0.15, 0.2) is 103 Å². The van der Waals surface area contributed by atoms with E-state index in [1.54, 1.807) is 12.1 Å². The first-order valence-corrected chi connectivity index (χ1v) is 13.4. The van der Waals surface area contributed by atoms with E-state index >= 15 is 0 Å². The molecule has 6 heteroatoms. The van der Waals surface area contributed by atoms with E-state index in [1.165, 1.54) is 28.8 Å². The summed E-state index contributed by atoms with van der Waals surface area (Å²) in [7, 11) is 0. The summed E-state index contributed by atoms with van der Waals surface area (Å²) >= 11 is 0. The number of rotatable bonds is 9. The predicted molar refractivity (Wildman–Crippen MR) is 151 cm³/mol. The van der Waals surface area contributed by atoms with Crippen LogP contribution >= 0.6 is 0 Å². The Balaban J connectivity index is 1.59. The SMILES string of the molecule is CCOC(=O)C(c1ccccc1)C(c1ccc([N+](=O)[O-])cc1)c1cccc2c1CCN(Cc1ccccc1)C2. The summed E-state index contributed by atoms with van der Waals surface area (Å²) in [6.07, 6.45) is 0.853. The molecule has 0 aromatic heterocycles. The number of carbonyl (C=O) groups excluding carboxylic acids is 1. The molecule has 1 aliphatic rings. The second-order valence-electron chi connectivity index (χ2n) is 9.90. The molecule has 0 fully saturated rings. The van der Waals surface area contributed by atoms with Crippen molar-refractivity contribution in [2.45, 2.75) is 38.3 Å². The second-order valence-corrected chi connectivity index (χ2v) is 9.90. The van der Waals surface area contributed by atoms with Crippen LogP contribution in [0.4, 0.5) is 5.69 Å². The van der Waals surface area contributed by atoms with Gasteiger partial charge in [0.25, 0.3) is 5.69 Å². The van der Waals surface area contributed by atoms with Crippen molar-refractivity contribution in [1.82, 2.24) is 4.90 Å². The van der Waals surface area contributed by atoms with Crippen molar-refractivity contribution in [3.8, 4) is 0 Å². The van der Waals surface area contributed by atoms with E-state index in [0.717, 1.165) is 42.7 Å². The third-order valence-electron chi connectivity index (χ3n) is 7.46. The zero-order chi connectivity index (χ0) is 27.2. The van der Waals surface area contributed by atoms with Crippen LogP contribution in [0.25, 0.3) is 0 Å². The second kappa shape index (κ2) is 12.0. The Morgan fingerprint density at radius 2 is 1.59 bits per heavy atom. The number of nitro benzene ring substituents is 1. The Labute approximate surface area is 229 Å². The Morgan fingerprint density at radius 1 is 0.897 bits per heavy atom. The zero-order valence-corrected chi connectivity index (χ0v) is 22.0. The van der Waals surface area contributed by atoms with Crippen molar-refractivity contribution >= 4 is 11.7 Å². The fourth-order valence-electron chi connectivity index (χ4n) is 5.68. The first-order valence-electron chi connectivity index (χ1n) is 13.4. The molecule has 0 amide bonds. The summed E-state index contributed by atoms with van der Waals surface area (Å²) in [5.74, 6) is -1.25. The van der Waals surface area contributed by atoms with Gasteiger partial charge in [-0.1, -0.05) is 91.0 Å². The van der Waals surface area contributed by atoms with E-state index in [0.29, 0.717) is 0 Å². The van der Waals surface area contributed by atoms with Gasteiger partial charge in [0.05, 0.1) is 17.4 Å². The standard InChI is InChI=1S/C33H32N2O4/c1-2-39-33(36)32(25-12-7-4-8-13-25)31(26-16-18-28(19-17-26)35(37)38)30-15-9-14-27-23-34(21-20-29(27)30)22-24-10-5-3-6-11-24/h3-19,31-32H,2,20-23H2,1H3. The molecule has 2 unspecified atom stereocenters. The van der Waals surface area contributed by atoms with Crippen LogP contribution in [0.5, 0.6) is 0 Å². The lowest BCUT2D eigenvalue weighted by Gasteiger charge is -2.34. The average molecular weight is 521 g/mol. The van der Waals surface area contributed by atoms with Gasteiger partial charge in [-0.3, -0.25) is 19.8 Å². The highest BCUT2D eigenvalue weighted by Crippen LogP contribution is 2.43. The maximum Gasteiger partial charge on any atom is 0.314 e. The third-order valence-corrected chi connectivity index (χ3v) is 7.46. The van der Waals surface area contributed by atoms with Gasteiger partial charge in [0.1, 0.15) is 0 Å². The summed E-state index contributed by atoms with van der Waals surface area (Å²) in [5.41, 5.74) is 6.58. The molecular formula is C33H32N2O4. The smallest absolute Gasteiger partial charge is 0.314 e. The lowest BCUT2D eigenvalue weighted by molar-refractivity contribution is -0.384. The van der Waals surface area contributed by atoms with Crippen molar-refractivity contribution in [2.24, 2.45) is 0 Å². The van der Waals surface area contributed by atoms with Crippen molar-refractivity contribution in [3.05, 3.63) is 147 Å². The number of hydrogen-bond donors (Lipinski definition) is 0. The molecule has 0 bridgehead atoms. The van der Waals surface area contributed by atoms with Crippen LogP contribution in [0.3, 0.4) is 0 Å². The lowest BCUT2D eigenvalue weighted by atomic mass is 9.74. The molecule has 0 saturated carbocycles. The van der Waals surface area contributed by atoms with Crippen LogP contribution in [0.1, 0.15) is 52.1 Å². The highest BCUT2D eigenvalue weighted by atomic mass is 16.6. The van der Waals surface area contributed by atoms with Gasteiger partial charge >= 0.3 is 5.97 Å². The normalized spacial score (nSPS) is 14.7. The molecule has 6 nitrogen and oxygen atoms in total. The molecule has 39 heavy (non-hydrogen) atoms. The number of esters is 1. The van der Waals surface area contributed by atoms with Gasteiger partial charge in [-0.2, -0.15) is 0 Å². The summed E-state index contributed by atoms with van der Waals surface area (Å²) in [6.45, 7) is 4.69. The molecule has 2 atom stereocenters. The molecular weight excluding hydrogens is 488 g/mol. The molecule has 0 saturated heterocycles. The summed E-state index contributed by atoms with van der Waals surface area (Å²) in [4.78, 5) is 27.0. The first kappa shape index (κ1) is 26.3. The van der Waals surface area contributed by atoms with Gasteiger partial charge in [-0.05, 0) is 46.7 Å². The molecule has 198 valence electrons. The molecule has 5 rings (SSSR count). The van der Waals surface area contributed by atoms with Crippen molar-refractivity contribution in [3.63, 3.8) is 0 Å². The van der Waals surface area contributed by atoms with Gasteiger partial charge in [0.15, 0.2) is 0 Å². The van der Waals surface area contributed by atoms with Crippen LogP contribution in [-0.4, -0.2) is 28.9 Å². The quantitative estimate of drug-likeness (QED) is 0.141. The highest BCUT2D eigenvalue weighted by molar-refractivity contribution is 5.81. The number of carbonyl (C=O) groups is 1. The number of nitro groups is 1. The Bertz CT molecular complexity index is 1420. The average Bonchev–Trinajstić information content (AvgIpc) is 2.96. The molecule has 0 aliphatic carbocycles. The summed E-state index contributed by atoms with van der Waals surface area (Å²) < 4.78 is 5.62. The Morgan fingerprint density at radius 3 is 2.26 bits per heavy atom. The Kier molecular flexibility index (Phi) is 8.13. The van der Waals surface area contributed by atoms with Gasteiger partial charge in [-0.25, -0.2) is 0 Å². The van der Waals surface area contributed by atoms with Crippen molar-refractivity contribution in [1.29, 1.82) is 0 Å². The molecule has 0 spiro atoms. The maximum absolute atomic E-state index is 13.6. The number of fused-ring (bicyclic) bond motifs is 1. The molecule has 1 heterocycles. The molecule has 4 aromatic carbocycles. The minimum Gasteiger partial charge on any atom is -0.465 e. The number of ether oxygens (including phenoxy) is 1. The molecule has 0 N–H and O–H groups in total. The van der Waals surface area contributed by atoms with Gasteiger partial charge in [0.2, 0.25) is 0 Å². The van der Waals surface area contributed by atoms with Crippen LogP contribution in [0.2, 0.25) is 0 Å². The fraction of sp³-hybridized carbons (Fsp3) is 0.242. The summed E-state index contributed by atoms with van der Waals surface area (Å²) in [5, 5.41) is 11.4. The maximum atomic E-state index is 13.6. The van der Waals surface area contributed by atoms with E-state index in [-0.39, 0.29) is 24.2 Å². The van der Waals surface area contributed by atoms with Crippen LogP contribution < -0.4 is 0 Å². The highest BCUT2D eigenvalue weighted by Gasteiger charge is 2.36. The molecule has 0 radical (unpaired) electrons. The molecule has 1 aliphatic heterocycles. The number of non-ortho nitro benzene ring substituents is 1. The fourth-order valence-corrected chi connectivity index (χ4v) is 5.68. The van der Waals surface area contributed by atoms with E-state index in [9.17, 15) is 14.9 Å². The van der Waals surface area contributed by atoms with E-state index in [1.807, 2.05) is 43.3 Å². The predicted octanol–water partition coefficient (Wildman–Crippen LogP) is 6.63. The lowest BCUT2D eigenvalue weighted by Crippen LogP contribution is -2.32. The first-order chi connectivity index (χ1) is 19.0. The van der Waals surface area contributed by atoms with Crippen LogP contribution in [0, 0.1) is 10.1 Å². The van der Waals surface area contributed by atoms with Crippen molar-refractivity contribution in [2.75, 3.05) is 13.2 Å². The topological polar surface area (TPSA) is 72.7 Å². The van der Waals surface area contributed by atoms with Crippen molar-refractivity contribution < 1.29 is 14.5 Å². The monoisotopic (exact) mass is 520 g/mol. The minimum absolute atomic E-state index is 0.0246. The Hall–Kier alpha value is -4.29. The largest absolute Gasteiger partial charge is 0.465 e. The summed E-state index contributed by atoms with van der Waals surface area (Å²) in [6, 6.07) is 33.1. The van der Waals surface area contributed by atoms with E-state index in [2.05, 4.69) is 47.4 Å². The van der Waals surface area contributed by atoms with Crippen LogP contribution in [-0.2, 0) is 29.0 Å². The van der Waals surface area contributed by atoms with Gasteiger partial charge < -0.3 is 4.74 Å². The molecule has 4 aromatic rings. The number of nitrogens with zero attached hydrogens (tertiary/aromatic N) is 2. The number of benzene rings is 4. The minimum atomic E-state index is -0.596. The number of hydrogen-bond acceptors (Lipinski definition) is 5. The van der Waals surface area contributed by atoms with Gasteiger partial charge in [0, 0.05) is 37.7 Å². The van der Waals surface area contributed by atoms with E-state index < -0.39 is 10.8 Å². The third kappa shape index (κ3) is 5.91. The van der Waals surface area contributed by atoms with E-state index in [4.69, 9.17) is 4.74 Å².